The van der Waals surface area contributed by atoms with Gasteiger partial charge in [0.25, 0.3) is 10.0 Å². The van der Waals surface area contributed by atoms with Gasteiger partial charge in [-0.2, -0.15) is 14.7 Å². The van der Waals surface area contributed by atoms with E-state index in [1.165, 1.54) is 0 Å². The molecule has 5 rings (SSSR count). The summed E-state index contributed by atoms with van der Waals surface area (Å²) in [6.45, 7) is 3.38. The maximum atomic E-state index is 13.8. The Kier molecular flexibility index (Phi) is 5.28. The van der Waals surface area contributed by atoms with E-state index in [9.17, 15) is 8.42 Å². The molecule has 2 saturated heterocycles. The third-order valence-corrected chi connectivity index (χ3v) is 7.97. The summed E-state index contributed by atoms with van der Waals surface area (Å²) in [7, 11) is -3.85. The zero-order chi connectivity index (χ0) is 22.3. The maximum absolute atomic E-state index is 13.8. The number of nitriles is 1. The molecular formula is C21H24N8O2S. The van der Waals surface area contributed by atoms with E-state index >= 15 is 0 Å². The van der Waals surface area contributed by atoms with Gasteiger partial charge in [-0.3, -0.25) is 15.0 Å². The second-order valence-corrected chi connectivity index (χ2v) is 10.2. The van der Waals surface area contributed by atoms with Crippen molar-refractivity contribution in [2.75, 3.05) is 25.0 Å². The first-order valence-electron chi connectivity index (χ1n) is 10.6. The number of H-pyrrole nitrogens is 1. The van der Waals surface area contributed by atoms with Crippen LogP contribution in [0.25, 0.3) is 10.9 Å². The summed E-state index contributed by atoms with van der Waals surface area (Å²) in [6.07, 6.45) is 3.98. The van der Waals surface area contributed by atoms with E-state index in [4.69, 9.17) is 5.26 Å². The molecule has 5 heterocycles. The third-order valence-electron chi connectivity index (χ3n) is 6.19. The van der Waals surface area contributed by atoms with E-state index in [2.05, 4.69) is 36.5 Å². The number of aromatic nitrogens is 4. The minimum absolute atomic E-state index is 0.00253. The van der Waals surface area contributed by atoms with Gasteiger partial charge in [0.15, 0.2) is 10.8 Å². The van der Waals surface area contributed by atoms with Gasteiger partial charge < -0.3 is 5.32 Å². The molecule has 1 unspecified atom stereocenters. The van der Waals surface area contributed by atoms with E-state index < -0.39 is 10.0 Å². The van der Waals surface area contributed by atoms with Gasteiger partial charge in [0, 0.05) is 67.5 Å². The Hall–Kier alpha value is -3.07. The summed E-state index contributed by atoms with van der Waals surface area (Å²) >= 11 is 0. The first kappa shape index (κ1) is 20.8. The van der Waals surface area contributed by atoms with Gasteiger partial charge in [-0.05, 0) is 31.9 Å². The van der Waals surface area contributed by atoms with Crippen LogP contribution in [0.1, 0.15) is 25.0 Å². The molecule has 2 fully saturated rings. The first-order valence-corrected chi connectivity index (χ1v) is 12.1. The van der Waals surface area contributed by atoms with Gasteiger partial charge in [0.1, 0.15) is 5.82 Å². The predicted molar refractivity (Wildman–Crippen MR) is 119 cm³/mol. The van der Waals surface area contributed by atoms with Gasteiger partial charge in [-0.25, -0.2) is 13.4 Å². The normalized spacial score (nSPS) is 21.6. The lowest BCUT2D eigenvalue weighted by molar-refractivity contribution is 0.113. The minimum atomic E-state index is -3.85. The van der Waals surface area contributed by atoms with Crippen molar-refractivity contribution in [3.8, 4) is 6.07 Å². The molecule has 32 heavy (non-hydrogen) atoms. The zero-order valence-corrected chi connectivity index (χ0v) is 18.5. The van der Waals surface area contributed by atoms with Crippen LogP contribution in [0.5, 0.6) is 0 Å². The second kappa shape index (κ2) is 8.12. The number of fused-ring (bicyclic) bond motifs is 3. The van der Waals surface area contributed by atoms with Crippen LogP contribution in [0, 0.1) is 18.3 Å². The molecule has 0 aliphatic carbocycles. The standard InChI is InChI=1S/C21H24N8O2S/c1-14-10-20(27-26-14)24-19-11-18-17(4-2-8-23-18)21(25-19)32(30,31)28-12-15-5-6-16(13-28)29(15)9-3-7-22/h2,4,8,10-11,15-16H,3,5-6,9,12-13H2,1H3,(H2,24,25,26,27)/t15-,16?/m0/s1. The number of nitrogens with one attached hydrogen (secondary N) is 2. The van der Waals surface area contributed by atoms with Crippen LogP contribution >= 0.6 is 0 Å². The Balaban J connectivity index is 1.50. The number of sulfonamides is 1. The Morgan fingerprint density at radius 3 is 2.72 bits per heavy atom. The topological polar surface area (TPSA) is 131 Å². The zero-order valence-electron chi connectivity index (χ0n) is 17.7. The summed E-state index contributed by atoms with van der Waals surface area (Å²) in [5, 5.41) is 19.5. The summed E-state index contributed by atoms with van der Waals surface area (Å²) in [5.41, 5.74) is 1.43. The third kappa shape index (κ3) is 3.70. The van der Waals surface area contributed by atoms with Crippen LogP contribution in [0.4, 0.5) is 11.6 Å². The van der Waals surface area contributed by atoms with Crippen LogP contribution in [-0.2, 0) is 10.0 Å². The molecule has 2 N–H and O–H groups in total. The molecule has 3 aromatic rings. The molecule has 2 atom stereocenters. The van der Waals surface area contributed by atoms with Gasteiger partial charge >= 0.3 is 0 Å². The number of piperazine rings is 1. The highest BCUT2D eigenvalue weighted by atomic mass is 32.2. The number of anilines is 2. The van der Waals surface area contributed by atoms with Crippen molar-refractivity contribution in [2.24, 2.45) is 0 Å². The molecule has 11 heteroatoms. The van der Waals surface area contributed by atoms with Crippen LogP contribution in [0.15, 0.2) is 35.5 Å². The fraction of sp³-hybridized carbons (Fsp3) is 0.429. The van der Waals surface area contributed by atoms with Crippen molar-refractivity contribution in [1.82, 2.24) is 29.4 Å². The smallest absolute Gasteiger partial charge is 0.261 e. The molecule has 2 aliphatic heterocycles. The van der Waals surface area contributed by atoms with Gasteiger partial charge in [-0.15, -0.1) is 0 Å². The summed E-state index contributed by atoms with van der Waals surface area (Å²) in [6, 6.07) is 9.46. The van der Waals surface area contributed by atoms with Gasteiger partial charge in [-0.1, -0.05) is 0 Å². The monoisotopic (exact) mass is 452 g/mol. The summed E-state index contributed by atoms with van der Waals surface area (Å²) in [4.78, 5) is 11.2. The number of aromatic amines is 1. The number of hydrogen-bond donors (Lipinski definition) is 2. The van der Waals surface area contributed by atoms with Crippen molar-refractivity contribution in [1.29, 1.82) is 5.26 Å². The molecule has 0 aromatic carbocycles. The van der Waals surface area contributed by atoms with E-state index in [-0.39, 0.29) is 17.1 Å². The van der Waals surface area contributed by atoms with E-state index in [0.29, 0.717) is 48.6 Å². The Morgan fingerprint density at radius 1 is 1.25 bits per heavy atom. The fourth-order valence-electron chi connectivity index (χ4n) is 4.73. The Labute approximate surface area is 186 Å². The largest absolute Gasteiger partial charge is 0.323 e. The van der Waals surface area contributed by atoms with Crippen LogP contribution < -0.4 is 5.32 Å². The number of nitrogens with zero attached hydrogens (tertiary/aromatic N) is 6. The molecule has 10 nitrogen and oxygen atoms in total. The quantitative estimate of drug-likeness (QED) is 0.582. The minimum Gasteiger partial charge on any atom is -0.323 e. The van der Waals surface area contributed by atoms with Crippen LogP contribution in [0.2, 0.25) is 0 Å². The van der Waals surface area contributed by atoms with E-state index in [0.717, 1.165) is 18.5 Å². The van der Waals surface area contributed by atoms with Crippen molar-refractivity contribution in [3.63, 3.8) is 0 Å². The van der Waals surface area contributed by atoms with Crippen LogP contribution in [-0.4, -0.2) is 69.5 Å². The lowest BCUT2D eigenvalue weighted by Crippen LogP contribution is -2.55. The maximum Gasteiger partial charge on any atom is 0.261 e. The summed E-state index contributed by atoms with van der Waals surface area (Å²) < 4.78 is 29.1. The highest BCUT2D eigenvalue weighted by molar-refractivity contribution is 7.89. The van der Waals surface area contributed by atoms with Crippen molar-refractivity contribution < 1.29 is 8.42 Å². The molecule has 166 valence electrons. The highest BCUT2D eigenvalue weighted by Gasteiger charge is 2.44. The number of hydrogen-bond acceptors (Lipinski definition) is 8. The molecule has 2 bridgehead atoms. The molecule has 0 radical (unpaired) electrons. The second-order valence-electron chi connectivity index (χ2n) is 8.30. The average Bonchev–Trinajstić information content (AvgIpc) is 3.29. The molecule has 0 saturated carbocycles. The number of pyridine rings is 2. The predicted octanol–water partition coefficient (Wildman–Crippen LogP) is 2.16. The highest BCUT2D eigenvalue weighted by Crippen LogP contribution is 2.34. The van der Waals surface area contributed by atoms with E-state index in [1.54, 1.807) is 28.7 Å². The number of aryl methyl sites for hydroxylation is 1. The SMILES string of the molecule is Cc1cc(Nc2cc3ncccc3c(S(=O)(=O)N3CC4CC[C@@H](C3)N4CCC#N)n2)n[nH]1. The van der Waals surface area contributed by atoms with E-state index in [1.807, 2.05) is 13.0 Å². The van der Waals surface area contributed by atoms with Crippen molar-refractivity contribution in [2.45, 2.75) is 43.3 Å². The lowest BCUT2D eigenvalue weighted by atomic mass is 10.2. The van der Waals surface area contributed by atoms with Crippen molar-refractivity contribution in [3.05, 3.63) is 36.2 Å². The molecular weight excluding hydrogens is 428 g/mol. The molecule has 0 spiro atoms. The van der Waals surface area contributed by atoms with Gasteiger partial charge in [0.05, 0.1) is 11.6 Å². The average molecular weight is 453 g/mol. The molecule has 0 amide bonds. The Bertz CT molecular complexity index is 1280. The summed E-state index contributed by atoms with van der Waals surface area (Å²) in [5.74, 6) is 0.926. The Morgan fingerprint density at radius 2 is 2.03 bits per heavy atom. The lowest BCUT2D eigenvalue weighted by Gasteiger charge is -2.39. The first-order chi connectivity index (χ1) is 15.5. The van der Waals surface area contributed by atoms with Gasteiger partial charge in [0.2, 0.25) is 0 Å². The molecule has 3 aromatic heterocycles. The van der Waals surface area contributed by atoms with Crippen LogP contribution in [0.3, 0.4) is 0 Å². The molecule has 2 aliphatic rings. The van der Waals surface area contributed by atoms with Crippen molar-refractivity contribution >= 4 is 32.6 Å². The number of rotatable bonds is 6. The fourth-order valence-corrected chi connectivity index (χ4v) is 6.38.